The molecule has 29 heavy (non-hydrogen) atoms. The smallest absolute Gasteiger partial charge is 0.340 e. The van der Waals surface area contributed by atoms with Gasteiger partial charge in [-0.05, 0) is 37.8 Å². The van der Waals surface area contributed by atoms with E-state index >= 15 is 0 Å². The van der Waals surface area contributed by atoms with Crippen LogP contribution in [0.3, 0.4) is 0 Å². The van der Waals surface area contributed by atoms with Crippen LogP contribution < -0.4 is 10.9 Å². The third kappa shape index (κ3) is 3.64. The van der Waals surface area contributed by atoms with Crippen LogP contribution in [0.1, 0.15) is 49.9 Å². The van der Waals surface area contributed by atoms with E-state index < -0.39 is 23.5 Å². The zero-order valence-electron chi connectivity index (χ0n) is 17.4. The summed E-state index contributed by atoms with van der Waals surface area (Å²) in [4.78, 5) is 35.7. The number of amides is 1. The average molecular weight is 399 g/mol. The Morgan fingerprint density at radius 3 is 2.38 bits per heavy atom. The number of nitrogens with one attached hydrogen (secondary N) is 1. The van der Waals surface area contributed by atoms with E-state index in [0.717, 1.165) is 21.9 Å². The summed E-state index contributed by atoms with van der Waals surface area (Å²) in [5, 5.41) is 13.0. The van der Waals surface area contributed by atoms with E-state index in [0.29, 0.717) is 16.7 Å². The van der Waals surface area contributed by atoms with Crippen LogP contribution in [-0.2, 0) is 21.4 Å². The molecule has 0 aliphatic carbocycles. The van der Waals surface area contributed by atoms with Gasteiger partial charge in [-0.2, -0.15) is 0 Å². The topological polar surface area (TPSA) is 110 Å². The molecule has 0 saturated carbocycles. The van der Waals surface area contributed by atoms with Crippen LogP contribution in [0.4, 0.5) is 0 Å². The molecule has 3 rings (SSSR count). The maximum atomic E-state index is 12.6. The molecule has 1 aromatic carbocycles. The molecule has 0 aliphatic heterocycles. The molecule has 7 nitrogen and oxygen atoms in total. The first kappa shape index (κ1) is 20.6. The van der Waals surface area contributed by atoms with Gasteiger partial charge in [-0.15, -0.1) is 0 Å². The third-order valence-corrected chi connectivity index (χ3v) is 5.24. The van der Waals surface area contributed by atoms with Gasteiger partial charge in [-0.25, -0.2) is 4.79 Å². The Kier molecular flexibility index (Phi) is 5.03. The molecular formula is C22H25NO6. The van der Waals surface area contributed by atoms with E-state index in [-0.39, 0.29) is 17.4 Å². The molecule has 2 heterocycles. The number of carbonyl (C=O) groups is 2. The molecule has 0 spiro atoms. The standard InChI is InChI=1S/C22H25NO6/c1-10-13-7-15-16(22(4,5)6)9-28-18(15)11(2)19(13)29-21(27)14(10)8-17(24)23-12(3)20(25)26/h7,9,12H,8H2,1-6H3,(H,23,24)(H,25,26)/t12-/m1/s1. The summed E-state index contributed by atoms with van der Waals surface area (Å²) in [6.07, 6.45) is 1.47. The number of furan rings is 1. The molecule has 3 aromatic rings. The summed E-state index contributed by atoms with van der Waals surface area (Å²) in [5.74, 6) is -1.69. The highest BCUT2D eigenvalue weighted by molar-refractivity contribution is 6.00. The number of aryl methyl sites for hydroxylation is 2. The van der Waals surface area contributed by atoms with Crippen molar-refractivity contribution in [3.8, 4) is 0 Å². The molecule has 0 bridgehead atoms. The van der Waals surface area contributed by atoms with Crippen molar-refractivity contribution in [1.29, 1.82) is 0 Å². The number of benzene rings is 1. The second kappa shape index (κ2) is 7.06. The first-order valence-corrected chi connectivity index (χ1v) is 9.41. The summed E-state index contributed by atoms with van der Waals surface area (Å²) in [6.45, 7) is 11.2. The minimum absolute atomic E-state index is 0.134. The lowest BCUT2D eigenvalue weighted by Crippen LogP contribution is -2.39. The largest absolute Gasteiger partial charge is 0.480 e. The molecule has 154 valence electrons. The predicted molar refractivity (Wildman–Crippen MR) is 109 cm³/mol. The van der Waals surface area contributed by atoms with Crippen molar-refractivity contribution in [2.45, 2.75) is 59.4 Å². The van der Waals surface area contributed by atoms with Crippen LogP contribution in [0.25, 0.3) is 21.9 Å². The average Bonchev–Trinajstić information content (AvgIpc) is 3.04. The van der Waals surface area contributed by atoms with Gasteiger partial charge in [-0.1, -0.05) is 20.8 Å². The number of rotatable bonds is 4. The van der Waals surface area contributed by atoms with Gasteiger partial charge in [-0.3, -0.25) is 9.59 Å². The zero-order chi connectivity index (χ0) is 21.7. The highest BCUT2D eigenvalue weighted by atomic mass is 16.4. The van der Waals surface area contributed by atoms with Crippen molar-refractivity contribution in [3.63, 3.8) is 0 Å². The SMILES string of the molecule is Cc1c(CC(=O)N[C@H](C)C(=O)O)c(=O)oc2c(C)c3occ(C(C)(C)C)c3cc12. The summed E-state index contributed by atoms with van der Waals surface area (Å²) >= 11 is 0. The van der Waals surface area contributed by atoms with Crippen LogP contribution in [-0.4, -0.2) is 23.0 Å². The monoisotopic (exact) mass is 399 g/mol. The van der Waals surface area contributed by atoms with Crippen molar-refractivity contribution >= 4 is 33.8 Å². The first-order chi connectivity index (χ1) is 13.4. The second-order valence-corrected chi connectivity index (χ2v) is 8.45. The van der Waals surface area contributed by atoms with Gasteiger partial charge in [0.2, 0.25) is 5.91 Å². The van der Waals surface area contributed by atoms with Crippen LogP contribution >= 0.6 is 0 Å². The maximum Gasteiger partial charge on any atom is 0.340 e. The molecule has 0 unspecified atom stereocenters. The van der Waals surface area contributed by atoms with Crippen LogP contribution in [0, 0.1) is 13.8 Å². The summed E-state index contributed by atoms with van der Waals surface area (Å²) < 4.78 is 11.3. The van der Waals surface area contributed by atoms with Gasteiger partial charge in [0.1, 0.15) is 17.2 Å². The van der Waals surface area contributed by atoms with Gasteiger partial charge in [0.25, 0.3) is 0 Å². The van der Waals surface area contributed by atoms with Crippen molar-refractivity contribution in [1.82, 2.24) is 5.32 Å². The number of aliphatic carboxylic acids is 1. The lowest BCUT2D eigenvalue weighted by atomic mass is 9.86. The fraction of sp³-hybridized carbons (Fsp3) is 0.409. The minimum Gasteiger partial charge on any atom is -0.480 e. The molecule has 2 N–H and O–H groups in total. The van der Waals surface area contributed by atoms with E-state index in [1.807, 2.05) is 13.0 Å². The third-order valence-electron chi connectivity index (χ3n) is 5.24. The number of hydrogen-bond acceptors (Lipinski definition) is 5. The second-order valence-electron chi connectivity index (χ2n) is 8.45. The van der Waals surface area contributed by atoms with Crippen LogP contribution in [0.2, 0.25) is 0 Å². The van der Waals surface area contributed by atoms with E-state index in [2.05, 4.69) is 26.1 Å². The van der Waals surface area contributed by atoms with E-state index in [1.165, 1.54) is 6.92 Å². The van der Waals surface area contributed by atoms with E-state index in [1.54, 1.807) is 13.2 Å². The Morgan fingerprint density at radius 2 is 1.79 bits per heavy atom. The number of carboxylic acid groups (broad SMARTS) is 1. The Bertz CT molecular complexity index is 1190. The highest BCUT2D eigenvalue weighted by Crippen LogP contribution is 2.37. The highest BCUT2D eigenvalue weighted by Gasteiger charge is 2.24. The lowest BCUT2D eigenvalue weighted by molar-refractivity contribution is -0.141. The normalized spacial score (nSPS) is 13.0. The van der Waals surface area contributed by atoms with Crippen molar-refractivity contribution in [3.05, 3.63) is 45.0 Å². The predicted octanol–water partition coefficient (Wildman–Crippen LogP) is 3.59. The summed E-state index contributed by atoms with van der Waals surface area (Å²) in [5.41, 5.74) is 2.97. The lowest BCUT2D eigenvalue weighted by Gasteiger charge is -2.17. The van der Waals surface area contributed by atoms with Crippen molar-refractivity contribution in [2.24, 2.45) is 0 Å². The van der Waals surface area contributed by atoms with Crippen LogP contribution in [0.15, 0.2) is 26.0 Å². The number of carbonyl (C=O) groups excluding carboxylic acids is 1. The van der Waals surface area contributed by atoms with Gasteiger partial charge >= 0.3 is 11.6 Å². The molecule has 0 radical (unpaired) electrons. The maximum absolute atomic E-state index is 12.6. The minimum atomic E-state index is -1.15. The van der Waals surface area contributed by atoms with Gasteiger partial charge in [0, 0.05) is 21.9 Å². The Hall–Kier alpha value is -3.09. The van der Waals surface area contributed by atoms with Gasteiger partial charge in [0.05, 0.1) is 18.2 Å². The van der Waals surface area contributed by atoms with Crippen LogP contribution in [0.5, 0.6) is 0 Å². The molecular weight excluding hydrogens is 374 g/mol. The number of hydrogen-bond donors (Lipinski definition) is 2. The van der Waals surface area contributed by atoms with E-state index in [9.17, 15) is 14.4 Å². The Labute approximate surface area is 167 Å². The molecule has 7 heteroatoms. The Morgan fingerprint density at radius 1 is 1.14 bits per heavy atom. The number of carboxylic acids is 1. The molecule has 0 fully saturated rings. The molecule has 1 atom stereocenters. The van der Waals surface area contributed by atoms with Crippen molar-refractivity contribution < 1.29 is 23.5 Å². The fourth-order valence-electron chi connectivity index (χ4n) is 3.50. The molecule has 0 saturated heterocycles. The molecule has 1 amide bonds. The van der Waals surface area contributed by atoms with Gasteiger partial charge in [0.15, 0.2) is 0 Å². The zero-order valence-corrected chi connectivity index (χ0v) is 17.4. The molecule has 0 aliphatic rings. The Balaban J connectivity index is 2.17. The quantitative estimate of drug-likeness (QED) is 0.649. The van der Waals surface area contributed by atoms with Gasteiger partial charge < -0.3 is 19.3 Å². The molecule has 2 aromatic heterocycles. The summed E-state index contributed by atoms with van der Waals surface area (Å²) in [6, 6.07) is 0.888. The first-order valence-electron chi connectivity index (χ1n) is 9.41. The van der Waals surface area contributed by atoms with E-state index in [4.69, 9.17) is 13.9 Å². The fourth-order valence-corrected chi connectivity index (χ4v) is 3.50. The summed E-state index contributed by atoms with van der Waals surface area (Å²) in [7, 11) is 0. The van der Waals surface area contributed by atoms with Crippen molar-refractivity contribution in [2.75, 3.05) is 0 Å². The number of fused-ring (bicyclic) bond motifs is 2.